The van der Waals surface area contributed by atoms with Crippen molar-refractivity contribution in [2.24, 2.45) is 0 Å². The van der Waals surface area contributed by atoms with Crippen LogP contribution in [0.25, 0.3) is 0 Å². The molecule has 1 atom stereocenters. The molecule has 0 aliphatic heterocycles. The fourth-order valence-corrected chi connectivity index (χ4v) is 3.40. The molecule has 122 valence electrons. The van der Waals surface area contributed by atoms with Crippen molar-refractivity contribution in [2.45, 2.75) is 13.8 Å². The maximum Gasteiger partial charge on any atom is 0.292 e. The normalized spacial score (nSPS) is 14.4. The Hall–Kier alpha value is -0.100. The van der Waals surface area contributed by atoms with Gasteiger partial charge in [0.05, 0.1) is 0 Å². The van der Waals surface area contributed by atoms with Crippen LogP contribution in [-0.2, 0) is 21.5 Å². The Balaban J connectivity index is 4.60. The maximum absolute atomic E-state index is 12.0. The zero-order valence-corrected chi connectivity index (χ0v) is 14.2. The summed E-state index contributed by atoms with van der Waals surface area (Å²) < 4.78 is 47.2. The number of rotatable bonds is 11. The van der Waals surface area contributed by atoms with Gasteiger partial charge in [0.15, 0.2) is 0 Å². The van der Waals surface area contributed by atoms with E-state index in [4.69, 9.17) is 4.55 Å². The van der Waals surface area contributed by atoms with Gasteiger partial charge in [-0.2, -0.15) is 8.42 Å². The summed E-state index contributed by atoms with van der Waals surface area (Å²) in [5.74, 6) is 0. The van der Waals surface area contributed by atoms with Crippen LogP contribution in [0.15, 0.2) is 0 Å². The zero-order chi connectivity index (χ0) is 15.8. The molecular weight excluding hydrogens is 304 g/mol. The highest BCUT2D eigenvalue weighted by Gasteiger charge is 2.26. The molecule has 0 aliphatic carbocycles. The summed E-state index contributed by atoms with van der Waals surface area (Å²) in [7, 11) is -0.317. The Morgan fingerprint density at radius 3 is 2.05 bits per heavy atom. The van der Waals surface area contributed by atoms with Crippen molar-refractivity contribution in [3.63, 3.8) is 0 Å². The molecule has 0 amide bonds. The summed E-state index contributed by atoms with van der Waals surface area (Å²) in [5, 5.41) is 0. The molecule has 0 aromatic heterocycles. The highest BCUT2D eigenvalue weighted by molar-refractivity contribution is 7.98. The molecule has 0 heterocycles. The molecule has 0 saturated heterocycles. The van der Waals surface area contributed by atoms with Gasteiger partial charge in [0, 0.05) is 26.2 Å². The Labute approximate surface area is 124 Å². The molecule has 0 bridgehead atoms. The van der Waals surface area contributed by atoms with E-state index in [2.05, 4.69) is 4.72 Å². The summed E-state index contributed by atoms with van der Waals surface area (Å²) in [6.45, 7) is 6.51. The van der Waals surface area contributed by atoms with Crippen molar-refractivity contribution in [2.75, 3.05) is 53.4 Å². The first-order valence-electron chi connectivity index (χ1n) is 6.50. The Bertz CT molecular complexity index is 385. The van der Waals surface area contributed by atoms with Gasteiger partial charge in [0.2, 0.25) is 11.3 Å². The third kappa shape index (κ3) is 7.62. The second-order valence-corrected chi connectivity index (χ2v) is 7.30. The molecule has 0 aromatic carbocycles. The lowest BCUT2D eigenvalue weighted by Crippen LogP contribution is -2.46. The van der Waals surface area contributed by atoms with E-state index < -0.39 is 21.5 Å². The lowest BCUT2D eigenvalue weighted by Gasteiger charge is -2.23. The molecular formula is C10H26N4O4S2. The summed E-state index contributed by atoms with van der Waals surface area (Å²) in [6.07, 6.45) is 0. The van der Waals surface area contributed by atoms with Crippen molar-refractivity contribution >= 4 is 21.5 Å². The Morgan fingerprint density at radius 1 is 1.10 bits per heavy atom. The molecule has 0 aliphatic rings. The topological polar surface area (TPSA) is 93.2 Å². The van der Waals surface area contributed by atoms with Crippen LogP contribution < -0.4 is 4.72 Å². The fourth-order valence-electron chi connectivity index (χ4n) is 1.52. The maximum atomic E-state index is 12.0. The van der Waals surface area contributed by atoms with Gasteiger partial charge in [-0.15, -0.1) is 0 Å². The van der Waals surface area contributed by atoms with E-state index in [1.165, 1.54) is 0 Å². The second kappa shape index (κ2) is 9.77. The molecule has 0 rings (SSSR count). The summed E-state index contributed by atoms with van der Waals surface area (Å²) in [6, 6.07) is 0. The average Bonchev–Trinajstić information content (AvgIpc) is 2.33. The SMILES string of the molecule is CCN(CC)CCN(S(=O)O)S(=O)(=O)NCCN(C)C. The van der Waals surface area contributed by atoms with E-state index in [0.29, 0.717) is 16.8 Å². The predicted octanol–water partition coefficient (Wildman–Crippen LogP) is -0.837. The Morgan fingerprint density at radius 2 is 1.65 bits per heavy atom. The Kier molecular flexibility index (Phi) is 9.72. The summed E-state index contributed by atoms with van der Waals surface area (Å²) in [5.41, 5.74) is 0. The molecule has 1 unspecified atom stereocenters. The van der Waals surface area contributed by atoms with Gasteiger partial charge in [-0.3, -0.25) is 4.55 Å². The first kappa shape index (κ1) is 19.9. The van der Waals surface area contributed by atoms with Crippen LogP contribution in [0.5, 0.6) is 0 Å². The van der Waals surface area contributed by atoms with Crippen molar-refractivity contribution in [3.05, 3.63) is 0 Å². The molecule has 0 radical (unpaired) electrons. The van der Waals surface area contributed by atoms with Crippen molar-refractivity contribution in [1.82, 2.24) is 18.2 Å². The molecule has 0 spiro atoms. The van der Waals surface area contributed by atoms with E-state index in [9.17, 15) is 12.6 Å². The first-order valence-corrected chi connectivity index (χ1v) is 9.00. The third-order valence-corrected chi connectivity index (χ3v) is 5.57. The number of nitrogens with zero attached hydrogens (tertiary/aromatic N) is 3. The van der Waals surface area contributed by atoms with Crippen molar-refractivity contribution < 1.29 is 17.2 Å². The number of likely N-dealkylation sites (N-methyl/N-ethyl adjacent to an activating group) is 2. The van der Waals surface area contributed by atoms with Gasteiger partial charge >= 0.3 is 0 Å². The van der Waals surface area contributed by atoms with E-state index >= 15 is 0 Å². The van der Waals surface area contributed by atoms with Gasteiger partial charge in [-0.1, -0.05) is 17.6 Å². The van der Waals surface area contributed by atoms with E-state index in [1.54, 1.807) is 0 Å². The quantitative estimate of drug-likeness (QED) is 0.480. The highest BCUT2D eigenvalue weighted by Crippen LogP contribution is 2.02. The average molecular weight is 330 g/mol. The monoisotopic (exact) mass is 330 g/mol. The second-order valence-electron chi connectivity index (χ2n) is 4.49. The third-order valence-electron chi connectivity index (χ3n) is 2.78. The summed E-state index contributed by atoms with van der Waals surface area (Å²) in [4.78, 5) is 3.80. The lowest BCUT2D eigenvalue weighted by molar-refractivity contribution is 0.292. The number of nitrogens with one attached hydrogen (secondary N) is 1. The van der Waals surface area contributed by atoms with Gasteiger partial charge in [-0.05, 0) is 27.2 Å². The number of hydrogen-bond donors (Lipinski definition) is 2. The van der Waals surface area contributed by atoms with Gasteiger partial charge in [0.25, 0.3) is 10.2 Å². The van der Waals surface area contributed by atoms with Gasteiger partial charge < -0.3 is 9.80 Å². The standard InChI is InChI=1S/C10H26N4O4S2/c1-5-13(6-2)9-10-14(19(15)16)20(17,18)11-7-8-12(3)4/h11H,5-10H2,1-4H3,(H,15,16). The van der Waals surface area contributed by atoms with E-state index in [1.807, 2.05) is 37.7 Å². The van der Waals surface area contributed by atoms with E-state index in [0.717, 1.165) is 13.1 Å². The van der Waals surface area contributed by atoms with Gasteiger partial charge in [-0.25, -0.2) is 8.93 Å². The smallest absolute Gasteiger partial charge is 0.292 e. The minimum absolute atomic E-state index is 0.0257. The minimum Gasteiger partial charge on any atom is -0.308 e. The molecule has 20 heavy (non-hydrogen) atoms. The first-order chi connectivity index (χ1) is 9.24. The van der Waals surface area contributed by atoms with Crippen molar-refractivity contribution in [3.8, 4) is 0 Å². The fraction of sp³-hybridized carbons (Fsp3) is 1.00. The van der Waals surface area contributed by atoms with Crippen LogP contribution in [0.1, 0.15) is 13.8 Å². The highest BCUT2D eigenvalue weighted by atomic mass is 32.3. The molecule has 10 heteroatoms. The molecule has 8 nitrogen and oxygen atoms in total. The zero-order valence-electron chi connectivity index (χ0n) is 12.6. The summed E-state index contributed by atoms with van der Waals surface area (Å²) >= 11 is -2.56. The van der Waals surface area contributed by atoms with Crippen LogP contribution in [0.2, 0.25) is 0 Å². The molecule has 2 N–H and O–H groups in total. The van der Waals surface area contributed by atoms with Crippen LogP contribution in [0.3, 0.4) is 0 Å². The molecule has 0 aromatic rings. The van der Waals surface area contributed by atoms with Crippen LogP contribution in [-0.4, -0.2) is 84.1 Å². The number of hydrogen-bond acceptors (Lipinski definition) is 5. The van der Waals surface area contributed by atoms with Crippen LogP contribution in [0.4, 0.5) is 0 Å². The molecule has 0 fully saturated rings. The van der Waals surface area contributed by atoms with Crippen LogP contribution in [0, 0.1) is 0 Å². The minimum atomic E-state index is -3.95. The molecule has 0 saturated carbocycles. The predicted molar refractivity (Wildman–Crippen MR) is 80.7 cm³/mol. The van der Waals surface area contributed by atoms with Gasteiger partial charge in [0.1, 0.15) is 0 Å². The van der Waals surface area contributed by atoms with E-state index in [-0.39, 0.29) is 13.1 Å². The lowest BCUT2D eigenvalue weighted by atomic mass is 10.5. The van der Waals surface area contributed by atoms with Crippen molar-refractivity contribution in [1.29, 1.82) is 0 Å². The largest absolute Gasteiger partial charge is 0.308 e. The van der Waals surface area contributed by atoms with Crippen LogP contribution >= 0.6 is 0 Å².